The van der Waals surface area contributed by atoms with E-state index in [9.17, 15) is 4.79 Å². The largest absolute Gasteiger partial charge is 0.310 e. The van der Waals surface area contributed by atoms with Gasteiger partial charge in [-0.25, -0.2) is 4.98 Å². The molecule has 23 heavy (non-hydrogen) atoms. The number of aryl methyl sites for hydroxylation is 3. The number of aromatic nitrogens is 2. The van der Waals surface area contributed by atoms with E-state index in [1.807, 2.05) is 0 Å². The molecule has 0 aliphatic heterocycles. The molecular weight excluding hydrogens is 308 g/mol. The summed E-state index contributed by atoms with van der Waals surface area (Å²) in [5, 5.41) is 1.09. The number of benzene rings is 2. The molecule has 3 aromatic rings. The second-order valence-corrected chi connectivity index (χ2v) is 6.09. The molecule has 0 aliphatic carbocycles. The molecule has 1 aromatic heterocycles. The molecule has 118 valence electrons. The fourth-order valence-electron chi connectivity index (χ4n) is 2.87. The predicted octanol–water partition coefficient (Wildman–Crippen LogP) is 4.31. The summed E-state index contributed by atoms with van der Waals surface area (Å²) in [4.78, 5) is 19.5. The van der Waals surface area contributed by atoms with Gasteiger partial charge in [0.05, 0.1) is 10.9 Å². The van der Waals surface area contributed by atoms with Gasteiger partial charge in [0.25, 0.3) is 5.56 Å². The fourth-order valence-corrected chi connectivity index (χ4v) is 3.04. The van der Waals surface area contributed by atoms with Gasteiger partial charge < -0.3 is 4.98 Å². The van der Waals surface area contributed by atoms with Crippen molar-refractivity contribution in [2.45, 2.75) is 32.6 Å². The van der Waals surface area contributed by atoms with Crippen molar-refractivity contribution in [1.29, 1.82) is 0 Å². The lowest BCUT2D eigenvalue weighted by Crippen LogP contribution is -2.12. The number of aromatic amines is 1. The van der Waals surface area contributed by atoms with Crippen LogP contribution in [0.4, 0.5) is 0 Å². The molecule has 1 heterocycles. The average Bonchev–Trinajstić information content (AvgIpc) is 2.56. The van der Waals surface area contributed by atoms with Crippen LogP contribution in [0, 0.1) is 0 Å². The van der Waals surface area contributed by atoms with Crippen molar-refractivity contribution < 1.29 is 0 Å². The van der Waals surface area contributed by atoms with Crippen LogP contribution in [0.2, 0.25) is 5.02 Å². The molecule has 4 heteroatoms. The maximum atomic E-state index is 12.1. The Bertz CT molecular complexity index is 886. The first-order chi connectivity index (χ1) is 11.2. The molecule has 0 bridgehead atoms. The van der Waals surface area contributed by atoms with Gasteiger partial charge in [-0.2, -0.15) is 0 Å². The van der Waals surface area contributed by atoms with Crippen molar-refractivity contribution in [3.05, 3.63) is 74.8 Å². The molecule has 0 radical (unpaired) electrons. The normalized spacial score (nSPS) is 11.0. The van der Waals surface area contributed by atoms with Gasteiger partial charge in [-0.15, -0.1) is 0 Å². The smallest absolute Gasteiger partial charge is 0.258 e. The number of halogens is 1. The Morgan fingerprint density at radius 3 is 2.65 bits per heavy atom. The maximum Gasteiger partial charge on any atom is 0.258 e. The predicted molar refractivity (Wildman–Crippen MR) is 95.2 cm³/mol. The van der Waals surface area contributed by atoms with Crippen LogP contribution < -0.4 is 5.56 Å². The molecule has 0 atom stereocenters. The van der Waals surface area contributed by atoms with Crippen LogP contribution in [-0.2, 0) is 19.3 Å². The molecule has 0 aliphatic rings. The Morgan fingerprint density at radius 1 is 1.09 bits per heavy atom. The lowest BCUT2D eigenvalue weighted by atomic mass is 10.0. The van der Waals surface area contributed by atoms with Crippen molar-refractivity contribution in [1.82, 2.24) is 9.97 Å². The van der Waals surface area contributed by atoms with Crippen LogP contribution in [0.25, 0.3) is 10.9 Å². The van der Waals surface area contributed by atoms with E-state index >= 15 is 0 Å². The number of nitrogens with one attached hydrogen (secondary N) is 1. The number of hydrogen-bond acceptors (Lipinski definition) is 2. The van der Waals surface area contributed by atoms with E-state index in [4.69, 9.17) is 11.6 Å². The van der Waals surface area contributed by atoms with Crippen LogP contribution in [0.15, 0.2) is 47.3 Å². The summed E-state index contributed by atoms with van der Waals surface area (Å²) in [7, 11) is 0. The summed E-state index contributed by atoms with van der Waals surface area (Å²) in [6.07, 6.45) is 3.75. The molecule has 3 rings (SSSR count). The van der Waals surface area contributed by atoms with Gasteiger partial charge in [0, 0.05) is 11.4 Å². The van der Waals surface area contributed by atoms with E-state index < -0.39 is 0 Å². The highest BCUT2D eigenvalue weighted by atomic mass is 35.5. The van der Waals surface area contributed by atoms with Crippen molar-refractivity contribution in [2.24, 2.45) is 0 Å². The molecular formula is C19H19ClN2O. The monoisotopic (exact) mass is 326 g/mol. The first-order valence-corrected chi connectivity index (χ1v) is 8.30. The van der Waals surface area contributed by atoms with Gasteiger partial charge >= 0.3 is 0 Å². The van der Waals surface area contributed by atoms with Gasteiger partial charge in [-0.1, -0.05) is 42.8 Å². The van der Waals surface area contributed by atoms with Gasteiger partial charge in [0.2, 0.25) is 0 Å². The van der Waals surface area contributed by atoms with E-state index in [1.54, 1.807) is 18.2 Å². The number of hydrogen-bond donors (Lipinski definition) is 1. The Balaban J connectivity index is 1.75. The SMILES string of the molecule is CCc1ccccc1CCCc1nc2ccc(Cl)cc2c(=O)[nH]1. The third-order valence-corrected chi connectivity index (χ3v) is 4.31. The number of rotatable bonds is 5. The summed E-state index contributed by atoms with van der Waals surface area (Å²) in [6, 6.07) is 13.7. The summed E-state index contributed by atoms with van der Waals surface area (Å²) < 4.78 is 0. The minimum Gasteiger partial charge on any atom is -0.310 e. The average molecular weight is 327 g/mol. The van der Waals surface area contributed by atoms with Crippen LogP contribution in [0.1, 0.15) is 30.3 Å². The van der Waals surface area contributed by atoms with Crippen molar-refractivity contribution >= 4 is 22.5 Å². The van der Waals surface area contributed by atoms with Gasteiger partial charge in [-0.05, 0) is 48.6 Å². The van der Waals surface area contributed by atoms with E-state index in [1.165, 1.54) is 11.1 Å². The number of nitrogens with zero attached hydrogens (tertiary/aromatic N) is 1. The molecule has 0 saturated heterocycles. The van der Waals surface area contributed by atoms with Crippen LogP contribution in [-0.4, -0.2) is 9.97 Å². The molecule has 2 aromatic carbocycles. The van der Waals surface area contributed by atoms with E-state index in [0.717, 1.165) is 31.5 Å². The number of H-pyrrole nitrogens is 1. The van der Waals surface area contributed by atoms with Crippen molar-refractivity contribution in [3.63, 3.8) is 0 Å². The van der Waals surface area contributed by atoms with Gasteiger partial charge in [0.15, 0.2) is 0 Å². The van der Waals surface area contributed by atoms with Crippen molar-refractivity contribution in [3.8, 4) is 0 Å². The Labute approximate surface area is 140 Å². The highest BCUT2D eigenvalue weighted by Crippen LogP contribution is 2.16. The Kier molecular flexibility index (Phi) is 4.77. The van der Waals surface area contributed by atoms with E-state index in [2.05, 4.69) is 41.2 Å². The molecule has 0 spiro atoms. The van der Waals surface area contributed by atoms with Crippen molar-refractivity contribution in [2.75, 3.05) is 0 Å². The zero-order valence-electron chi connectivity index (χ0n) is 13.1. The van der Waals surface area contributed by atoms with E-state index in [0.29, 0.717) is 15.9 Å². The first-order valence-electron chi connectivity index (χ1n) is 7.92. The van der Waals surface area contributed by atoms with Gasteiger partial charge in [-0.3, -0.25) is 4.79 Å². The summed E-state index contributed by atoms with van der Waals surface area (Å²) >= 11 is 5.93. The third kappa shape index (κ3) is 3.62. The van der Waals surface area contributed by atoms with Crippen LogP contribution in [0.3, 0.4) is 0 Å². The van der Waals surface area contributed by atoms with Crippen LogP contribution >= 0.6 is 11.6 Å². The Hall–Kier alpha value is -2.13. The zero-order valence-corrected chi connectivity index (χ0v) is 13.9. The van der Waals surface area contributed by atoms with Crippen LogP contribution in [0.5, 0.6) is 0 Å². The lowest BCUT2D eigenvalue weighted by Gasteiger charge is -2.07. The van der Waals surface area contributed by atoms with Gasteiger partial charge in [0.1, 0.15) is 5.82 Å². The quantitative estimate of drug-likeness (QED) is 0.759. The fraction of sp³-hybridized carbons (Fsp3) is 0.263. The van der Waals surface area contributed by atoms with E-state index in [-0.39, 0.29) is 5.56 Å². The minimum absolute atomic E-state index is 0.124. The molecule has 0 unspecified atom stereocenters. The molecule has 0 amide bonds. The highest BCUT2D eigenvalue weighted by molar-refractivity contribution is 6.31. The Morgan fingerprint density at radius 2 is 1.87 bits per heavy atom. The second kappa shape index (κ2) is 6.97. The molecule has 0 fully saturated rings. The first kappa shape index (κ1) is 15.8. The lowest BCUT2D eigenvalue weighted by molar-refractivity contribution is 0.766. The summed E-state index contributed by atoms with van der Waals surface area (Å²) in [5.74, 6) is 0.735. The molecule has 3 nitrogen and oxygen atoms in total. The third-order valence-electron chi connectivity index (χ3n) is 4.08. The summed E-state index contributed by atoms with van der Waals surface area (Å²) in [5.41, 5.74) is 3.34. The topological polar surface area (TPSA) is 45.8 Å². The standard InChI is InChI=1S/C19H19ClN2O/c1-2-13-6-3-4-7-14(13)8-5-9-18-21-17-11-10-15(20)12-16(17)19(23)22-18/h3-4,6-7,10-12H,2,5,8-9H2,1H3,(H,21,22,23). The molecule has 0 saturated carbocycles. The summed E-state index contributed by atoms with van der Waals surface area (Å²) in [6.45, 7) is 2.17. The highest BCUT2D eigenvalue weighted by Gasteiger charge is 2.06. The zero-order chi connectivity index (χ0) is 16.2. The minimum atomic E-state index is -0.124. The molecule has 1 N–H and O–H groups in total. The maximum absolute atomic E-state index is 12.1. The second-order valence-electron chi connectivity index (χ2n) is 5.65. The number of fused-ring (bicyclic) bond motifs is 1.